The molecule has 0 bridgehead atoms. The summed E-state index contributed by atoms with van der Waals surface area (Å²) in [5.41, 5.74) is 0. The number of esters is 1. The van der Waals surface area contributed by atoms with E-state index in [4.69, 9.17) is 9.47 Å². The third-order valence-corrected chi connectivity index (χ3v) is 3.86. The lowest BCUT2D eigenvalue weighted by molar-refractivity contribution is -0.149. The molecule has 122 valence electrons. The number of carbonyl (C=O) groups excluding carboxylic acids is 1. The number of β-amino-alcohol motifs (C(OH)–C–C–N with tert-alkyl or cyclic N) is 1. The van der Waals surface area contributed by atoms with Crippen LogP contribution in [-0.4, -0.2) is 54.9 Å². The molecule has 5 heteroatoms. The van der Waals surface area contributed by atoms with E-state index in [9.17, 15) is 9.90 Å². The number of para-hydroxylation sites is 1. The average molecular weight is 307 g/mol. The van der Waals surface area contributed by atoms with E-state index in [0.29, 0.717) is 13.2 Å². The molecule has 1 aliphatic rings. The van der Waals surface area contributed by atoms with E-state index in [2.05, 4.69) is 4.90 Å². The molecule has 22 heavy (non-hydrogen) atoms. The average Bonchev–Trinajstić information content (AvgIpc) is 2.55. The maximum absolute atomic E-state index is 11.7. The topological polar surface area (TPSA) is 59.0 Å². The summed E-state index contributed by atoms with van der Waals surface area (Å²) in [5, 5.41) is 10.1. The van der Waals surface area contributed by atoms with Crippen molar-refractivity contribution in [2.24, 2.45) is 5.92 Å². The summed E-state index contributed by atoms with van der Waals surface area (Å²) in [4.78, 5) is 13.9. The Bertz CT molecular complexity index is 443. The number of nitrogens with zero attached hydrogens (tertiary/aromatic N) is 1. The van der Waals surface area contributed by atoms with Gasteiger partial charge < -0.3 is 19.5 Å². The highest BCUT2D eigenvalue weighted by molar-refractivity contribution is 5.72. The highest BCUT2D eigenvalue weighted by atomic mass is 16.5. The zero-order valence-electron chi connectivity index (χ0n) is 13.1. The summed E-state index contributed by atoms with van der Waals surface area (Å²) >= 11 is 0. The third kappa shape index (κ3) is 5.31. The fourth-order valence-electron chi connectivity index (χ4n) is 2.67. The number of hydrogen-bond donors (Lipinski definition) is 1. The minimum absolute atomic E-state index is 0.00825. The fourth-order valence-corrected chi connectivity index (χ4v) is 2.67. The van der Waals surface area contributed by atoms with Gasteiger partial charge >= 0.3 is 5.97 Å². The molecule has 0 radical (unpaired) electrons. The molecule has 1 fully saturated rings. The molecular formula is C17H25NO4. The predicted molar refractivity (Wildman–Crippen MR) is 83.7 cm³/mol. The van der Waals surface area contributed by atoms with E-state index in [1.165, 1.54) is 0 Å². The highest BCUT2D eigenvalue weighted by Crippen LogP contribution is 2.19. The number of benzene rings is 1. The molecule has 1 aromatic rings. The Hall–Kier alpha value is -1.59. The summed E-state index contributed by atoms with van der Waals surface area (Å²) in [6.45, 7) is 4.74. The number of piperidine rings is 1. The van der Waals surface area contributed by atoms with Crippen LogP contribution in [0.25, 0.3) is 0 Å². The number of carbonyl (C=O) groups is 1. The van der Waals surface area contributed by atoms with Crippen LogP contribution < -0.4 is 4.74 Å². The van der Waals surface area contributed by atoms with Crippen molar-refractivity contribution in [1.82, 2.24) is 4.90 Å². The first kappa shape index (κ1) is 16.8. The van der Waals surface area contributed by atoms with Crippen molar-refractivity contribution < 1.29 is 19.4 Å². The van der Waals surface area contributed by atoms with Crippen LogP contribution in [0.3, 0.4) is 0 Å². The van der Waals surface area contributed by atoms with Crippen LogP contribution >= 0.6 is 0 Å². The van der Waals surface area contributed by atoms with E-state index in [-0.39, 0.29) is 18.5 Å². The Kier molecular flexibility index (Phi) is 6.68. The number of rotatable bonds is 7. The van der Waals surface area contributed by atoms with Crippen LogP contribution in [0.15, 0.2) is 30.3 Å². The summed E-state index contributed by atoms with van der Waals surface area (Å²) in [6, 6.07) is 9.48. The number of hydrogen-bond acceptors (Lipinski definition) is 5. The van der Waals surface area contributed by atoms with Crippen molar-refractivity contribution in [2.75, 3.05) is 32.8 Å². The molecule has 0 aliphatic carbocycles. The Morgan fingerprint density at radius 1 is 1.32 bits per heavy atom. The predicted octanol–water partition coefficient (Wildman–Crippen LogP) is 1.70. The molecule has 0 aromatic heterocycles. The standard InChI is InChI=1S/C17H25NO4/c1-2-21-17(20)14-8-10-18(11-9-14)12-15(19)13-22-16-6-4-3-5-7-16/h3-7,14-15,19H,2,8-13H2,1H3/t15-/m1/s1. The molecule has 0 amide bonds. The van der Waals surface area contributed by atoms with Gasteiger partial charge in [-0.15, -0.1) is 0 Å². The van der Waals surface area contributed by atoms with Crippen molar-refractivity contribution in [3.63, 3.8) is 0 Å². The maximum atomic E-state index is 11.7. The molecule has 0 unspecified atom stereocenters. The van der Waals surface area contributed by atoms with Crippen LogP contribution in [-0.2, 0) is 9.53 Å². The van der Waals surface area contributed by atoms with Crippen molar-refractivity contribution in [3.8, 4) is 5.75 Å². The minimum atomic E-state index is -0.528. The molecule has 0 saturated carbocycles. The van der Waals surface area contributed by atoms with Gasteiger partial charge in [0.2, 0.25) is 0 Å². The van der Waals surface area contributed by atoms with E-state index in [1.807, 2.05) is 37.3 Å². The quantitative estimate of drug-likeness (QED) is 0.777. The van der Waals surface area contributed by atoms with Crippen molar-refractivity contribution in [3.05, 3.63) is 30.3 Å². The van der Waals surface area contributed by atoms with Crippen LogP contribution in [0.2, 0.25) is 0 Å². The van der Waals surface area contributed by atoms with Gasteiger partial charge in [0.05, 0.1) is 12.5 Å². The Labute approximate surface area is 131 Å². The molecule has 1 atom stereocenters. The SMILES string of the molecule is CCOC(=O)C1CCN(C[C@@H](O)COc2ccccc2)CC1. The second-order valence-electron chi connectivity index (χ2n) is 5.60. The van der Waals surface area contributed by atoms with Crippen LogP contribution in [0.1, 0.15) is 19.8 Å². The molecule has 0 spiro atoms. The van der Waals surface area contributed by atoms with Gasteiger partial charge in [0.15, 0.2) is 0 Å². The highest BCUT2D eigenvalue weighted by Gasteiger charge is 2.26. The smallest absolute Gasteiger partial charge is 0.309 e. The fraction of sp³-hybridized carbons (Fsp3) is 0.588. The van der Waals surface area contributed by atoms with Gasteiger partial charge in [0.25, 0.3) is 0 Å². The molecule has 1 aliphatic heterocycles. The van der Waals surface area contributed by atoms with Crippen molar-refractivity contribution in [1.29, 1.82) is 0 Å². The van der Waals surface area contributed by atoms with Gasteiger partial charge in [-0.1, -0.05) is 18.2 Å². The van der Waals surface area contributed by atoms with Crippen molar-refractivity contribution >= 4 is 5.97 Å². The number of likely N-dealkylation sites (tertiary alicyclic amines) is 1. The number of aliphatic hydroxyl groups excluding tert-OH is 1. The first-order chi connectivity index (χ1) is 10.7. The second-order valence-corrected chi connectivity index (χ2v) is 5.60. The molecule has 1 aromatic carbocycles. The van der Waals surface area contributed by atoms with Gasteiger partial charge in [-0.2, -0.15) is 0 Å². The third-order valence-electron chi connectivity index (χ3n) is 3.86. The van der Waals surface area contributed by atoms with Gasteiger partial charge in [-0.25, -0.2) is 0 Å². The van der Waals surface area contributed by atoms with Gasteiger partial charge in [-0.3, -0.25) is 4.79 Å². The summed E-state index contributed by atoms with van der Waals surface area (Å²) in [7, 11) is 0. The maximum Gasteiger partial charge on any atom is 0.309 e. The number of ether oxygens (including phenoxy) is 2. The van der Waals surface area contributed by atoms with Crippen LogP contribution in [0.4, 0.5) is 0 Å². The molecule has 5 nitrogen and oxygen atoms in total. The van der Waals surface area contributed by atoms with E-state index >= 15 is 0 Å². The minimum Gasteiger partial charge on any atom is -0.491 e. The Morgan fingerprint density at radius 3 is 2.64 bits per heavy atom. The first-order valence-electron chi connectivity index (χ1n) is 7.94. The molecule has 1 saturated heterocycles. The summed E-state index contributed by atoms with van der Waals surface area (Å²) in [5.74, 6) is 0.687. The lowest BCUT2D eigenvalue weighted by atomic mass is 9.97. The van der Waals surface area contributed by atoms with Crippen LogP contribution in [0, 0.1) is 5.92 Å². The number of aliphatic hydroxyl groups is 1. The van der Waals surface area contributed by atoms with E-state index < -0.39 is 6.10 Å². The Balaban J connectivity index is 1.66. The van der Waals surface area contributed by atoms with Crippen LogP contribution in [0.5, 0.6) is 5.75 Å². The largest absolute Gasteiger partial charge is 0.491 e. The molecular weight excluding hydrogens is 282 g/mol. The summed E-state index contributed by atoms with van der Waals surface area (Å²) in [6.07, 6.45) is 1.07. The van der Waals surface area contributed by atoms with Gasteiger partial charge in [0.1, 0.15) is 18.5 Å². The zero-order chi connectivity index (χ0) is 15.8. The summed E-state index contributed by atoms with van der Waals surface area (Å²) < 4.78 is 10.6. The molecule has 1 heterocycles. The monoisotopic (exact) mass is 307 g/mol. The zero-order valence-corrected chi connectivity index (χ0v) is 13.1. The Morgan fingerprint density at radius 2 is 2.00 bits per heavy atom. The second kappa shape index (κ2) is 8.76. The van der Waals surface area contributed by atoms with Crippen molar-refractivity contribution in [2.45, 2.75) is 25.9 Å². The van der Waals surface area contributed by atoms with Gasteiger partial charge in [0, 0.05) is 6.54 Å². The van der Waals surface area contributed by atoms with E-state index in [1.54, 1.807) is 0 Å². The lowest BCUT2D eigenvalue weighted by Crippen LogP contribution is -2.42. The molecule has 1 N–H and O–H groups in total. The first-order valence-corrected chi connectivity index (χ1v) is 7.94. The lowest BCUT2D eigenvalue weighted by Gasteiger charge is -2.32. The molecule has 2 rings (SSSR count). The normalized spacial score (nSPS) is 17.9. The van der Waals surface area contributed by atoms with E-state index in [0.717, 1.165) is 31.7 Å². The van der Waals surface area contributed by atoms with Gasteiger partial charge in [-0.05, 0) is 45.0 Å².